The highest BCUT2D eigenvalue weighted by molar-refractivity contribution is 5.78. The molecule has 0 aliphatic carbocycles. The van der Waals surface area contributed by atoms with Gasteiger partial charge in [0.15, 0.2) is 5.60 Å². The van der Waals surface area contributed by atoms with Gasteiger partial charge in [-0.15, -0.1) is 0 Å². The first kappa shape index (κ1) is 22.3. The summed E-state index contributed by atoms with van der Waals surface area (Å²) in [5.74, 6) is 0.896. The third-order valence-corrected chi connectivity index (χ3v) is 4.77. The molecule has 2 heterocycles. The van der Waals surface area contributed by atoms with Gasteiger partial charge in [0.25, 0.3) is 0 Å². The number of hydrogen-bond acceptors (Lipinski definition) is 7. The molecule has 1 aromatic carbocycles. The Morgan fingerprint density at radius 3 is 2.29 bits per heavy atom. The summed E-state index contributed by atoms with van der Waals surface area (Å²) in [6, 6.07) is 13.3. The van der Waals surface area contributed by atoms with Crippen molar-refractivity contribution in [2.75, 3.05) is 21.3 Å². The Morgan fingerprint density at radius 1 is 1.00 bits per heavy atom. The van der Waals surface area contributed by atoms with Crippen LogP contribution >= 0.6 is 0 Å². The van der Waals surface area contributed by atoms with Crippen molar-refractivity contribution < 1.29 is 23.7 Å². The van der Waals surface area contributed by atoms with Crippen molar-refractivity contribution >= 4 is 5.97 Å². The molecule has 0 aliphatic heterocycles. The number of carbonyl (C=O) groups is 1. The Bertz CT molecular complexity index is 1010. The maximum Gasteiger partial charge on any atom is 0.337 e. The van der Waals surface area contributed by atoms with E-state index in [9.17, 15) is 4.79 Å². The van der Waals surface area contributed by atoms with Crippen LogP contribution in [0.4, 0.5) is 0 Å². The van der Waals surface area contributed by atoms with E-state index < -0.39 is 11.6 Å². The van der Waals surface area contributed by atoms with Gasteiger partial charge in [0.2, 0.25) is 0 Å². The first-order chi connectivity index (χ1) is 14.9. The van der Waals surface area contributed by atoms with E-state index in [4.69, 9.17) is 24.0 Å². The number of pyridine rings is 1. The van der Waals surface area contributed by atoms with E-state index in [2.05, 4.69) is 4.98 Å². The van der Waals surface area contributed by atoms with Gasteiger partial charge in [0, 0.05) is 17.8 Å². The molecule has 0 N–H and O–H groups in total. The molecule has 0 fully saturated rings. The molecule has 3 aromatic rings. The van der Waals surface area contributed by atoms with Crippen LogP contribution in [-0.4, -0.2) is 47.7 Å². The zero-order chi connectivity index (χ0) is 22.4. The van der Waals surface area contributed by atoms with Crippen LogP contribution in [0.5, 0.6) is 11.5 Å². The van der Waals surface area contributed by atoms with Crippen LogP contribution < -0.4 is 9.47 Å². The maximum atomic E-state index is 11.9. The largest absolute Gasteiger partial charge is 0.497 e. The lowest BCUT2D eigenvalue weighted by molar-refractivity contribution is -0.166. The second kappa shape index (κ2) is 9.61. The summed E-state index contributed by atoms with van der Waals surface area (Å²) in [5, 5.41) is 4.70. The van der Waals surface area contributed by atoms with Gasteiger partial charge in [0.1, 0.15) is 11.5 Å². The van der Waals surface area contributed by atoms with Gasteiger partial charge in [-0.25, -0.2) is 4.79 Å². The van der Waals surface area contributed by atoms with E-state index in [0.29, 0.717) is 23.7 Å². The minimum Gasteiger partial charge on any atom is -0.497 e. The van der Waals surface area contributed by atoms with Crippen LogP contribution in [0.3, 0.4) is 0 Å². The highest BCUT2D eigenvalue weighted by Crippen LogP contribution is 2.31. The van der Waals surface area contributed by atoms with Gasteiger partial charge in [-0.05, 0) is 44.2 Å². The number of methoxy groups -OCH3 is 3. The molecule has 0 saturated carbocycles. The third kappa shape index (κ3) is 5.40. The summed E-state index contributed by atoms with van der Waals surface area (Å²) in [7, 11) is 4.55. The lowest BCUT2D eigenvalue weighted by Crippen LogP contribution is -2.35. The first-order valence-electron chi connectivity index (χ1n) is 9.78. The Kier molecular flexibility index (Phi) is 6.91. The van der Waals surface area contributed by atoms with Crippen LogP contribution in [0.2, 0.25) is 0 Å². The van der Waals surface area contributed by atoms with Crippen molar-refractivity contribution in [3.05, 3.63) is 60.0 Å². The van der Waals surface area contributed by atoms with E-state index in [1.54, 1.807) is 34.3 Å². The van der Waals surface area contributed by atoms with Gasteiger partial charge >= 0.3 is 5.97 Å². The molecule has 0 amide bonds. The zero-order valence-electron chi connectivity index (χ0n) is 18.4. The van der Waals surface area contributed by atoms with Crippen LogP contribution in [0, 0.1) is 0 Å². The highest BCUT2D eigenvalue weighted by Gasteiger charge is 2.30. The number of benzene rings is 1. The maximum absolute atomic E-state index is 11.9. The van der Waals surface area contributed by atoms with Crippen LogP contribution in [-0.2, 0) is 27.4 Å². The van der Waals surface area contributed by atoms with E-state index in [0.717, 1.165) is 17.0 Å². The van der Waals surface area contributed by atoms with Gasteiger partial charge in [0.05, 0.1) is 51.6 Å². The average Bonchev–Trinajstić information content (AvgIpc) is 3.20. The summed E-state index contributed by atoms with van der Waals surface area (Å²) in [6.45, 7) is 3.94. The van der Waals surface area contributed by atoms with E-state index >= 15 is 0 Å². The van der Waals surface area contributed by atoms with Crippen molar-refractivity contribution in [1.29, 1.82) is 0 Å². The molecular formula is C23H27N3O5. The molecule has 31 heavy (non-hydrogen) atoms. The second-order valence-corrected chi connectivity index (χ2v) is 7.39. The zero-order valence-corrected chi connectivity index (χ0v) is 18.4. The van der Waals surface area contributed by atoms with Gasteiger partial charge < -0.3 is 18.9 Å². The standard InChI is InChI=1S/C23H27N3O5/c1-23(2,22(27)30-5)31-15-18-12-21(16-10-19(28-3)13-20(11-16)29-4)26(25-18)14-17-8-6-7-9-24-17/h6-13H,14-15H2,1-5H3. The van der Waals surface area contributed by atoms with Crippen LogP contribution in [0.15, 0.2) is 48.7 Å². The number of hydrogen-bond donors (Lipinski definition) is 0. The molecule has 0 aliphatic rings. The molecule has 2 aromatic heterocycles. The molecule has 8 heteroatoms. The number of ether oxygens (including phenoxy) is 4. The number of rotatable bonds is 9. The fourth-order valence-electron chi connectivity index (χ4n) is 3.05. The number of nitrogens with zero attached hydrogens (tertiary/aromatic N) is 3. The molecule has 0 atom stereocenters. The summed E-state index contributed by atoms with van der Waals surface area (Å²) < 4.78 is 23.3. The van der Waals surface area contributed by atoms with Gasteiger partial charge in [-0.1, -0.05) is 6.07 Å². The van der Waals surface area contributed by atoms with Crippen molar-refractivity contribution in [3.63, 3.8) is 0 Å². The van der Waals surface area contributed by atoms with Gasteiger partial charge in [-0.2, -0.15) is 5.10 Å². The highest BCUT2D eigenvalue weighted by atomic mass is 16.6. The Hall–Kier alpha value is -3.39. The second-order valence-electron chi connectivity index (χ2n) is 7.39. The molecule has 0 bridgehead atoms. The van der Waals surface area contributed by atoms with Crippen molar-refractivity contribution in [2.24, 2.45) is 0 Å². The minimum absolute atomic E-state index is 0.144. The molecule has 0 saturated heterocycles. The number of esters is 1. The molecule has 0 unspecified atom stereocenters. The third-order valence-electron chi connectivity index (χ3n) is 4.77. The van der Waals surface area contributed by atoms with Crippen molar-refractivity contribution in [2.45, 2.75) is 32.6 Å². The predicted octanol–water partition coefficient (Wildman–Crippen LogP) is 3.48. The minimum atomic E-state index is -1.08. The van der Waals surface area contributed by atoms with Crippen LogP contribution in [0.25, 0.3) is 11.3 Å². The number of aromatic nitrogens is 3. The Morgan fingerprint density at radius 2 is 1.71 bits per heavy atom. The van der Waals surface area contributed by atoms with Gasteiger partial charge in [-0.3, -0.25) is 9.67 Å². The van der Waals surface area contributed by atoms with Crippen molar-refractivity contribution in [3.8, 4) is 22.8 Å². The first-order valence-corrected chi connectivity index (χ1v) is 9.78. The summed E-state index contributed by atoms with van der Waals surface area (Å²) in [4.78, 5) is 16.3. The molecule has 164 valence electrons. The monoisotopic (exact) mass is 425 g/mol. The average molecular weight is 425 g/mol. The van der Waals surface area contributed by atoms with Crippen LogP contribution in [0.1, 0.15) is 25.2 Å². The fourth-order valence-corrected chi connectivity index (χ4v) is 3.05. The normalized spacial score (nSPS) is 11.3. The fraction of sp³-hybridized carbons (Fsp3) is 0.348. The Labute approximate surface area is 181 Å². The SMILES string of the molecule is COC(=O)C(C)(C)OCc1cc(-c2cc(OC)cc(OC)c2)n(Cc2ccccn2)n1. The van der Waals surface area contributed by atoms with E-state index in [1.165, 1.54) is 7.11 Å². The summed E-state index contributed by atoms with van der Waals surface area (Å²) in [5.41, 5.74) is 2.17. The Balaban J connectivity index is 1.97. The van der Waals surface area contributed by atoms with E-state index in [-0.39, 0.29) is 6.61 Å². The van der Waals surface area contributed by atoms with Crippen molar-refractivity contribution in [1.82, 2.24) is 14.8 Å². The lowest BCUT2D eigenvalue weighted by atomic mass is 10.1. The molecule has 8 nitrogen and oxygen atoms in total. The summed E-state index contributed by atoms with van der Waals surface area (Å²) >= 11 is 0. The van der Waals surface area contributed by atoms with E-state index in [1.807, 2.05) is 47.1 Å². The quantitative estimate of drug-likeness (QED) is 0.485. The molecular weight excluding hydrogens is 398 g/mol. The lowest BCUT2D eigenvalue weighted by Gasteiger charge is -2.21. The molecule has 0 spiro atoms. The predicted molar refractivity (Wildman–Crippen MR) is 115 cm³/mol. The number of carbonyl (C=O) groups excluding carboxylic acids is 1. The smallest absolute Gasteiger partial charge is 0.337 e. The molecule has 3 rings (SSSR count). The molecule has 0 radical (unpaired) electrons. The summed E-state index contributed by atoms with van der Waals surface area (Å²) in [6.07, 6.45) is 1.75. The topological polar surface area (TPSA) is 84.7 Å².